The molecule has 5 nitrogen and oxygen atoms in total. The van der Waals surface area contributed by atoms with Gasteiger partial charge in [-0.25, -0.2) is 0 Å². The fraction of sp³-hybridized carbons (Fsp3) is 0.538. The van der Waals surface area contributed by atoms with Gasteiger partial charge in [0, 0.05) is 36.8 Å². The third-order valence-electron chi connectivity index (χ3n) is 3.66. The Morgan fingerprint density at radius 3 is 2.83 bits per heavy atom. The Hall–Kier alpha value is -1.46. The molecule has 0 saturated carbocycles. The van der Waals surface area contributed by atoms with Crippen molar-refractivity contribution in [1.29, 1.82) is 0 Å². The summed E-state index contributed by atoms with van der Waals surface area (Å²) in [7, 11) is 2.11. The molecule has 2 unspecified atom stereocenters. The van der Waals surface area contributed by atoms with Gasteiger partial charge < -0.3 is 10.2 Å². The Kier molecular flexibility index (Phi) is 3.93. The fourth-order valence-electron chi connectivity index (χ4n) is 2.43. The van der Waals surface area contributed by atoms with E-state index in [4.69, 9.17) is 0 Å². The molecule has 1 heterocycles. The summed E-state index contributed by atoms with van der Waals surface area (Å²) in [6.45, 7) is 3.76. The predicted octanol–water partition coefficient (Wildman–Crippen LogP) is 1.78. The normalized spacial score (nSPS) is 24.3. The number of hydrogen-bond acceptors (Lipinski definition) is 4. The van der Waals surface area contributed by atoms with Gasteiger partial charge in [-0.2, -0.15) is 0 Å². The van der Waals surface area contributed by atoms with E-state index in [-0.39, 0.29) is 10.6 Å². The zero-order valence-corrected chi connectivity index (χ0v) is 10.8. The van der Waals surface area contributed by atoms with Crippen molar-refractivity contribution in [2.75, 3.05) is 13.6 Å². The van der Waals surface area contributed by atoms with Crippen LogP contribution in [0.25, 0.3) is 0 Å². The van der Waals surface area contributed by atoms with Gasteiger partial charge in [-0.05, 0) is 20.4 Å². The van der Waals surface area contributed by atoms with E-state index in [0.29, 0.717) is 18.6 Å². The summed E-state index contributed by atoms with van der Waals surface area (Å²) in [6.07, 6.45) is 1.09. The van der Waals surface area contributed by atoms with Gasteiger partial charge in [0.15, 0.2) is 0 Å². The maximum Gasteiger partial charge on any atom is 0.273 e. The number of nitro groups is 1. The summed E-state index contributed by atoms with van der Waals surface area (Å²) < 4.78 is 0. The van der Waals surface area contributed by atoms with Crippen molar-refractivity contribution in [2.45, 2.75) is 32.0 Å². The molecule has 1 aliphatic rings. The Morgan fingerprint density at radius 1 is 1.50 bits per heavy atom. The number of likely N-dealkylation sites (N-methyl/N-ethyl adjacent to an activating group) is 1. The van der Waals surface area contributed by atoms with Crippen LogP contribution in [0.2, 0.25) is 0 Å². The third-order valence-corrected chi connectivity index (χ3v) is 3.66. The quantitative estimate of drug-likeness (QED) is 0.652. The second kappa shape index (κ2) is 5.46. The summed E-state index contributed by atoms with van der Waals surface area (Å²) in [5.74, 6) is 0. The van der Waals surface area contributed by atoms with Crippen molar-refractivity contribution < 1.29 is 4.92 Å². The number of benzene rings is 1. The van der Waals surface area contributed by atoms with E-state index in [9.17, 15) is 10.1 Å². The molecule has 1 saturated heterocycles. The molecule has 1 aromatic rings. The van der Waals surface area contributed by atoms with Crippen molar-refractivity contribution in [3.05, 3.63) is 39.9 Å². The molecule has 1 aromatic carbocycles. The van der Waals surface area contributed by atoms with Gasteiger partial charge in [0.25, 0.3) is 5.69 Å². The standard InChI is InChI=1S/C13H19N3O2/c1-10-7-12(9-15(10)2)14-8-11-5-3-4-6-13(11)16(17)18/h3-6,10,12,14H,7-9H2,1-2H3. The highest BCUT2D eigenvalue weighted by molar-refractivity contribution is 5.39. The van der Waals surface area contributed by atoms with Crippen LogP contribution in [-0.4, -0.2) is 35.5 Å². The van der Waals surface area contributed by atoms with Crippen LogP contribution in [0.3, 0.4) is 0 Å². The van der Waals surface area contributed by atoms with Gasteiger partial charge in [0.1, 0.15) is 0 Å². The fourth-order valence-corrected chi connectivity index (χ4v) is 2.43. The highest BCUT2D eigenvalue weighted by Gasteiger charge is 2.26. The van der Waals surface area contributed by atoms with E-state index < -0.39 is 0 Å². The van der Waals surface area contributed by atoms with E-state index in [1.165, 1.54) is 0 Å². The largest absolute Gasteiger partial charge is 0.308 e. The third kappa shape index (κ3) is 2.86. The average Bonchev–Trinajstić information content (AvgIpc) is 2.66. The van der Waals surface area contributed by atoms with Gasteiger partial charge in [0.2, 0.25) is 0 Å². The Labute approximate surface area is 107 Å². The summed E-state index contributed by atoms with van der Waals surface area (Å²) in [6, 6.07) is 7.91. The molecule has 0 bridgehead atoms. The molecular formula is C13H19N3O2. The van der Waals surface area contributed by atoms with Crippen molar-refractivity contribution >= 4 is 5.69 Å². The smallest absolute Gasteiger partial charge is 0.273 e. The molecule has 1 aliphatic heterocycles. The molecule has 2 rings (SSSR count). The summed E-state index contributed by atoms with van der Waals surface area (Å²) >= 11 is 0. The van der Waals surface area contributed by atoms with Crippen LogP contribution in [0.15, 0.2) is 24.3 Å². The minimum atomic E-state index is -0.319. The molecule has 0 amide bonds. The molecule has 0 radical (unpaired) electrons. The van der Waals surface area contributed by atoms with Gasteiger partial charge >= 0.3 is 0 Å². The van der Waals surface area contributed by atoms with E-state index in [0.717, 1.165) is 18.5 Å². The summed E-state index contributed by atoms with van der Waals surface area (Å²) in [5.41, 5.74) is 0.953. The highest BCUT2D eigenvalue weighted by atomic mass is 16.6. The molecule has 1 fully saturated rings. The maximum atomic E-state index is 10.9. The van der Waals surface area contributed by atoms with Crippen LogP contribution in [0.1, 0.15) is 18.9 Å². The minimum Gasteiger partial charge on any atom is -0.308 e. The molecular weight excluding hydrogens is 230 g/mol. The Balaban J connectivity index is 1.97. The topological polar surface area (TPSA) is 58.4 Å². The zero-order valence-electron chi connectivity index (χ0n) is 10.8. The van der Waals surface area contributed by atoms with Crippen molar-refractivity contribution in [3.63, 3.8) is 0 Å². The lowest BCUT2D eigenvalue weighted by molar-refractivity contribution is -0.385. The first-order valence-electron chi connectivity index (χ1n) is 6.24. The van der Waals surface area contributed by atoms with Crippen LogP contribution in [0.4, 0.5) is 5.69 Å². The number of likely N-dealkylation sites (tertiary alicyclic amines) is 1. The molecule has 5 heteroatoms. The SMILES string of the molecule is CC1CC(NCc2ccccc2[N+](=O)[O-])CN1C. The van der Waals surface area contributed by atoms with Crippen LogP contribution < -0.4 is 5.32 Å². The summed E-state index contributed by atoms with van der Waals surface area (Å²) in [5, 5.41) is 14.3. The lowest BCUT2D eigenvalue weighted by Gasteiger charge is -2.13. The first kappa shape index (κ1) is 13.0. The number of rotatable bonds is 4. The number of nitrogens with one attached hydrogen (secondary N) is 1. The maximum absolute atomic E-state index is 10.9. The van der Waals surface area contributed by atoms with Crippen molar-refractivity contribution in [2.24, 2.45) is 0 Å². The molecule has 0 spiro atoms. The van der Waals surface area contributed by atoms with E-state index in [1.807, 2.05) is 12.1 Å². The lowest BCUT2D eigenvalue weighted by Crippen LogP contribution is -2.31. The van der Waals surface area contributed by atoms with Crippen LogP contribution >= 0.6 is 0 Å². The Morgan fingerprint density at radius 2 is 2.22 bits per heavy atom. The predicted molar refractivity (Wildman–Crippen MR) is 70.4 cm³/mol. The second-order valence-electron chi connectivity index (χ2n) is 4.99. The number of hydrogen-bond donors (Lipinski definition) is 1. The van der Waals surface area contributed by atoms with Crippen LogP contribution in [0.5, 0.6) is 0 Å². The van der Waals surface area contributed by atoms with Gasteiger partial charge in [-0.15, -0.1) is 0 Å². The van der Waals surface area contributed by atoms with Gasteiger partial charge in [0.05, 0.1) is 4.92 Å². The first-order valence-corrected chi connectivity index (χ1v) is 6.24. The molecule has 0 aliphatic carbocycles. The number of nitro benzene ring substituents is 1. The van der Waals surface area contributed by atoms with E-state index in [2.05, 4.69) is 24.2 Å². The zero-order chi connectivity index (χ0) is 13.1. The number of para-hydroxylation sites is 1. The lowest BCUT2D eigenvalue weighted by atomic mass is 10.1. The van der Waals surface area contributed by atoms with Crippen molar-refractivity contribution in [3.8, 4) is 0 Å². The van der Waals surface area contributed by atoms with E-state index >= 15 is 0 Å². The Bertz CT molecular complexity index is 426. The van der Waals surface area contributed by atoms with E-state index in [1.54, 1.807) is 12.1 Å². The minimum absolute atomic E-state index is 0.199. The average molecular weight is 249 g/mol. The first-order chi connectivity index (χ1) is 8.58. The molecule has 0 aromatic heterocycles. The van der Waals surface area contributed by atoms with Crippen LogP contribution in [0, 0.1) is 10.1 Å². The second-order valence-corrected chi connectivity index (χ2v) is 4.99. The molecule has 2 atom stereocenters. The van der Waals surface area contributed by atoms with Gasteiger partial charge in [-0.3, -0.25) is 10.1 Å². The summed E-state index contributed by atoms with van der Waals surface area (Å²) in [4.78, 5) is 12.9. The van der Waals surface area contributed by atoms with Gasteiger partial charge in [-0.1, -0.05) is 18.2 Å². The van der Waals surface area contributed by atoms with Crippen molar-refractivity contribution in [1.82, 2.24) is 10.2 Å². The molecule has 18 heavy (non-hydrogen) atoms. The molecule has 1 N–H and O–H groups in total. The van der Waals surface area contributed by atoms with Crippen LogP contribution in [-0.2, 0) is 6.54 Å². The molecule has 98 valence electrons. The monoisotopic (exact) mass is 249 g/mol. The number of nitrogens with zero attached hydrogens (tertiary/aromatic N) is 2. The highest BCUT2D eigenvalue weighted by Crippen LogP contribution is 2.19.